The Morgan fingerprint density at radius 2 is 1.94 bits per heavy atom. The number of nitrogens with zero attached hydrogens (tertiary/aromatic N) is 3. The summed E-state index contributed by atoms with van der Waals surface area (Å²) in [7, 11) is 1.65. The van der Waals surface area contributed by atoms with Crippen molar-refractivity contribution in [2.24, 2.45) is 0 Å². The lowest BCUT2D eigenvalue weighted by atomic mass is 10.1. The molecule has 0 unspecified atom stereocenters. The zero-order chi connectivity index (χ0) is 26.1. The van der Waals surface area contributed by atoms with Crippen LogP contribution in [0.3, 0.4) is 0 Å². The molecule has 0 atom stereocenters. The molecular weight excluding hydrogens is 467 g/mol. The second-order valence-electron chi connectivity index (χ2n) is 8.77. The van der Waals surface area contributed by atoms with Gasteiger partial charge in [0, 0.05) is 43.5 Å². The number of halogens is 1. The third-order valence-corrected chi connectivity index (χ3v) is 5.97. The highest BCUT2D eigenvalue weighted by molar-refractivity contribution is 5.96. The maximum atomic E-state index is 13.5. The van der Waals surface area contributed by atoms with Gasteiger partial charge in [0.25, 0.3) is 5.91 Å². The van der Waals surface area contributed by atoms with Gasteiger partial charge in [-0.15, -0.1) is 0 Å². The molecule has 0 saturated carbocycles. The Hall–Kier alpha value is -3.82. The van der Waals surface area contributed by atoms with Gasteiger partial charge in [-0.2, -0.15) is 0 Å². The van der Waals surface area contributed by atoms with Crippen LogP contribution in [0, 0.1) is 12.7 Å². The Morgan fingerprint density at radius 3 is 2.72 bits per heavy atom. The molecule has 1 aliphatic rings. The molecule has 10 heteroatoms. The van der Waals surface area contributed by atoms with Gasteiger partial charge < -0.3 is 20.1 Å². The summed E-state index contributed by atoms with van der Waals surface area (Å²) in [6.45, 7) is 3.37. The quantitative estimate of drug-likeness (QED) is 0.249. The van der Waals surface area contributed by atoms with Crippen LogP contribution in [0.4, 0.5) is 4.39 Å². The van der Waals surface area contributed by atoms with Gasteiger partial charge in [0.2, 0.25) is 11.8 Å². The molecule has 0 aliphatic carbocycles. The van der Waals surface area contributed by atoms with Gasteiger partial charge >= 0.3 is 0 Å². The normalized spacial score (nSPS) is 13.2. The molecular formula is C26H33FN4O5. The molecule has 2 heterocycles. The number of allylic oxidation sites excluding steroid dienone is 1. The van der Waals surface area contributed by atoms with E-state index in [2.05, 4.69) is 11.4 Å². The van der Waals surface area contributed by atoms with Crippen molar-refractivity contribution in [1.29, 1.82) is 0 Å². The fraction of sp³-hybridized carbons (Fsp3) is 0.423. The molecule has 36 heavy (non-hydrogen) atoms. The standard InChI is InChI=1S/C26H33FN4O5/c1-19-16-31-23(25(34)24(19)33)26(35)29(2)18-30(31)12-8-6-4-3-5-7-9-13-36-22-14-21(27)11-10-20(22)15-28-17-32/h5,7,10-11,14,16-17,34H,3-4,6,8-9,12-13,15,18H2,1-2H3,(H,28,32)/b7-5-. The van der Waals surface area contributed by atoms with E-state index in [1.165, 1.54) is 17.0 Å². The Labute approximate surface area is 209 Å². The highest BCUT2D eigenvalue weighted by Gasteiger charge is 2.30. The second-order valence-corrected chi connectivity index (χ2v) is 8.77. The number of aryl methyl sites for hydroxylation is 1. The molecule has 0 radical (unpaired) electrons. The molecule has 1 aliphatic heterocycles. The molecule has 0 bridgehead atoms. The van der Waals surface area contributed by atoms with Crippen LogP contribution in [0.1, 0.15) is 53.7 Å². The Morgan fingerprint density at radius 1 is 1.17 bits per heavy atom. The van der Waals surface area contributed by atoms with E-state index in [0.29, 0.717) is 44.0 Å². The fourth-order valence-electron chi connectivity index (χ4n) is 4.03. The van der Waals surface area contributed by atoms with E-state index in [1.807, 2.05) is 11.1 Å². The largest absolute Gasteiger partial charge is 0.502 e. The van der Waals surface area contributed by atoms with Crippen LogP contribution in [0.25, 0.3) is 0 Å². The average Bonchev–Trinajstić information content (AvgIpc) is 2.85. The molecule has 0 spiro atoms. The summed E-state index contributed by atoms with van der Waals surface area (Å²) < 4.78 is 20.8. The van der Waals surface area contributed by atoms with Crippen LogP contribution in [0.2, 0.25) is 0 Å². The van der Waals surface area contributed by atoms with Crippen LogP contribution < -0.4 is 20.5 Å². The van der Waals surface area contributed by atoms with Crippen LogP contribution in [0.5, 0.6) is 11.5 Å². The molecule has 2 N–H and O–H groups in total. The van der Waals surface area contributed by atoms with Crippen LogP contribution in [0.15, 0.2) is 41.3 Å². The highest BCUT2D eigenvalue weighted by Crippen LogP contribution is 2.21. The molecule has 0 fully saturated rings. The first-order chi connectivity index (χ1) is 17.3. The number of hydrogen-bond donors (Lipinski definition) is 2. The summed E-state index contributed by atoms with van der Waals surface area (Å²) in [6, 6.07) is 4.25. The van der Waals surface area contributed by atoms with Crippen molar-refractivity contribution in [2.45, 2.75) is 45.6 Å². The van der Waals surface area contributed by atoms with E-state index in [0.717, 1.165) is 31.2 Å². The van der Waals surface area contributed by atoms with Gasteiger partial charge in [-0.3, -0.25) is 24.1 Å². The molecule has 9 nitrogen and oxygen atoms in total. The zero-order valence-electron chi connectivity index (χ0n) is 20.7. The second kappa shape index (κ2) is 12.8. The van der Waals surface area contributed by atoms with E-state index in [9.17, 15) is 23.9 Å². The number of hydrogen-bond acceptors (Lipinski definition) is 6. The number of carbonyl (C=O) groups excluding carboxylic acids is 2. The van der Waals surface area contributed by atoms with Gasteiger partial charge in [-0.25, -0.2) is 4.39 Å². The van der Waals surface area contributed by atoms with Crippen molar-refractivity contribution in [3.8, 4) is 11.5 Å². The molecule has 1 aromatic carbocycles. The van der Waals surface area contributed by atoms with Crippen molar-refractivity contribution in [3.05, 3.63) is 69.4 Å². The maximum absolute atomic E-state index is 13.5. The smallest absolute Gasteiger partial charge is 0.277 e. The van der Waals surface area contributed by atoms with Crippen LogP contribution in [-0.2, 0) is 11.3 Å². The topological polar surface area (TPSA) is 104 Å². The lowest BCUT2D eigenvalue weighted by Gasteiger charge is -2.38. The first-order valence-electron chi connectivity index (χ1n) is 12.0. The number of fused-ring (bicyclic) bond motifs is 1. The summed E-state index contributed by atoms with van der Waals surface area (Å²) in [5, 5.41) is 14.7. The maximum Gasteiger partial charge on any atom is 0.277 e. The SMILES string of the molecule is Cc1cn2c(c(O)c1=O)C(=O)N(C)CN2CCCCC/C=C\CCOc1cc(F)ccc1CNC=O. The predicted molar refractivity (Wildman–Crippen MR) is 134 cm³/mol. The minimum atomic E-state index is -0.520. The number of carbonyl (C=O) groups is 2. The predicted octanol–water partition coefficient (Wildman–Crippen LogP) is 2.81. The molecule has 3 rings (SSSR count). The molecule has 2 aromatic rings. The number of amides is 2. The van der Waals surface area contributed by atoms with E-state index in [1.54, 1.807) is 30.9 Å². The van der Waals surface area contributed by atoms with Crippen molar-refractivity contribution in [1.82, 2.24) is 14.9 Å². The van der Waals surface area contributed by atoms with Gasteiger partial charge in [-0.05, 0) is 38.7 Å². The van der Waals surface area contributed by atoms with Gasteiger partial charge in [0.15, 0.2) is 11.4 Å². The molecule has 194 valence electrons. The van der Waals surface area contributed by atoms with Crippen LogP contribution in [-0.4, -0.2) is 53.9 Å². The number of aromatic nitrogens is 1. The summed E-state index contributed by atoms with van der Waals surface area (Å²) in [5.74, 6) is -0.836. The number of nitrogens with one attached hydrogen (secondary N) is 1. The molecule has 2 amide bonds. The first kappa shape index (κ1) is 26.8. The minimum absolute atomic E-state index is 0.00913. The summed E-state index contributed by atoms with van der Waals surface area (Å²) >= 11 is 0. The monoisotopic (exact) mass is 500 g/mol. The third-order valence-electron chi connectivity index (χ3n) is 5.97. The van der Waals surface area contributed by atoms with Crippen molar-refractivity contribution in [2.75, 3.05) is 31.9 Å². The zero-order valence-corrected chi connectivity index (χ0v) is 20.7. The minimum Gasteiger partial charge on any atom is -0.502 e. The number of unbranched alkanes of at least 4 members (excludes halogenated alkanes) is 3. The fourth-order valence-corrected chi connectivity index (χ4v) is 4.03. The Kier molecular flexibility index (Phi) is 9.49. The third kappa shape index (κ3) is 6.65. The van der Waals surface area contributed by atoms with Crippen molar-refractivity contribution >= 4 is 12.3 Å². The summed E-state index contributed by atoms with van der Waals surface area (Å²) in [4.78, 5) is 36.5. The lowest BCUT2D eigenvalue weighted by Crippen LogP contribution is -2.53. The van der Waals surface area contributed by atoms with Gasteiger partial charge in [0.05, 0.1) is 6.61 Å². The lowest BCUT2D eigenvalue weighted by molar-refractivity contribution is -0.109. The Bertz CT molecular complexity index is 1160. The van der Waals surface area contributed by atoms with E-state index < -0.39 is 11.2 Å². The number of aromatic hydroxyl groups is 1. The first-order valence-corrected chi connectivity index (χ1v) is 12.0. The van der Waals surface area contributed by atoms with Crippen LogP contribution >= 0.6 is 0 Å². The van der Waals surface area contributed by atoms with Gasteiger partial charge in [0.1, 0.15) is 18.2 Å². The number of pyridine rings is 1. The summed E-state index contributed by atoms with van der Waals surface area (Å²) in [5.41, 5.74) is 0.596. The number of benzene rings is 1. The number of ether oxygens (including phenoxy) is 1. The number of rotatable bonds is 13. The van der Waals surface area contributed by atoms with E-state index >= 15 is 0 Å². The molecule has 1 aromatic heterocycles. The van der Waals surface area contributed by atoms with Gasteiger partial charge in [-0.1, -0.05) is 24.6 Å². The van der Waals surface area contributed by atoms with E-state index in [-0.39, 0.29) is 24.0 Å². The Balaban J connectivity index is 1.39. The average molecular weight is 501 g/mol. The van der Waals surface area contributed by atoms with Crippen molar-refractivity contribution in [3.63, 3.8) is 0 Å². The van der Waals surface area contributed by atoms with E-state index in [4.69, 9.17) is 4.74 Å². The summed E-state index contributed by atoms with van der Waals surface area (Å²) in [6.07, 6.45) is 10.8. The highest BCUT2D eigenvalue weighted by atomic mass is 19.1. The van der Waals surface area contributed by atoms with Crippen molar-refractivity contribution < 1.29 is 23.8 Å². The molecule has 0 saturated heterocycles.